The van der Waals surface area contributed by atoms with Gasteiger partial charge in [-0.05, 0) is 68.2 Å². The molecular formula is C25H28F2O2S. The molecule has 0 bridgehead atoms. The average Bonchev–Trinajstić information content (AvgIpc) is 3.48. The minimum atomic E-state index is -0.416. The summed E-state index contributed by atoms with van der Waals surface area (Å²) in [6.07, 6.45) is 9.18. The Balaban J connectivity index is 1.31. The Kier molecular flexibility index (Phi) is 5.57. The number of ether oxygens (including phenoxy) is 2. The van der Waals surface area contributed by atoms with Gasteiger partial charge in [0.1, 0.15) is 0 Å². The number of thiophene rings is 1. The molecule has 0 amide bonds. The van der Waals surface area contributed by atoms with Crippen LogP contribution in [0.5, 0.6) is 11.5 Å². The maximum atomic E-state index is 15.2. The molecule has 30 heavy (non-hydrogen) atoms. The molecule has 1 aromatic heterocycles. The Bertz CT molecular complexity index is 1050. The fraction of sp³-hybridized carbons (Fsp3) is 0.520. The number of fused-ring (bicyclic) bond motifs is 3. The summed E-state index contributed by atoms with van der Waals surface area (Å²) in [4.78, 5) is 0. The Morgan fingerprint density at radius 2 is 1.27 bits per heavy atom. The molecular weight excluding hydrogens is 402 g/mol. The number of hydrogen-bond acceptors (Lipinski definition) is 3. The van der Waals surface area contributed by atoms with Gasteiger partial charge >= 0.3 is 0 Å². The lowest BCUT2D eigenvalue weighted by molar-refractivity contribution is 0.173. The molecule has 2 aliphatic rings. The molecule has 0 aliphatic heterocycles. The van der Waals surface area contributed by atoms with E-state index in [4.69, 9.17) is 9.47 Å². The van der Waals surface area contributed by atoms with Gasteiger partial charge in [-0.2, -0.15) is 0 Å². The van der Waals surface area contributed by atoms with Gasteiger partial charge in [0, 0.05) is 10.8 Å². The van der Waals surface area contributed by atoms with Crippen LogP contribution in [-0.4, -0.2) is 13.2 Å². The zero-order valence-corrected chi connectivity index (χ0v) is 18.2. The molecule has 0 atom stereocenters. The molecule has 2 fully saturated rings. The highest BCUT2D eigenvalue weighted by Crippen LogP contribution is 2.43. The molecule has 2 saturated carbocycles. The van der Waals surface area contributed by atoms with Crippen molar-refractivity contribution in [1.82, 2.24) is 0 Å². The second-order valence-corrected chi connectivity index (χ2v) is 9.94. The largest absolute Gasteiger partial charge is 0.491 e. The summed E-state index contributed by atoms with van der Waals surface area (Å²) >= 11 is 1.13. The van der Waals surface area contributed by atoms with Crippen LogP contribution in [-0.2, 0) is 0 Å². The molecule has 2 nitrogen and oxygen atoms in total. The van der Waals surface area contributed by atoms with Gasteiger partial charge in [-0.25, -0.2) is 8.78 Å². The highest BCUT2D eigenvalue weighted by molar-refractivity contribution is 7.25. The molecule has 0 N–H and O–H groups in total. The van der Waals surface area contributed by atoms with Crippen LogP contribution in [0, 0.1) is 29.4 Å². The van der Waals surface area contributed by atoms with Crippen LogP contribution in [0.25, 0.3) is 20.2 Å². The highest BCUT2D eigenvalue weighted by Gasteiger charge is 2.29. The molecule has 5 rings (SSSR count). The van der Waals surface area contributed by atoms with E-state index >= 15 is 4.39 Å². The van der Waals surface area contributed by atoms with Gasteiger partial charge in [-0.1, -0.05) is 25.7 Å². The van der Waals surface area contributed by atoms with Crippen LogP contribution < -0.4 is 9.47 Å². The molecule has 3 aromatic rings. The van der Waals surface area contributed by atoms with Gasteiger partial charge in [-0.3, -0.25) is 0 Å². The van der Waals surface area contributed by atoms with E-state index < -0.39 is 5.82 Å². The third-order valence-corrected chi connectivity index (χ3v) is 7.93. The highest BCUT2D eigenvalue weighted by atomic mass is 32.1. The summed E-state index contributed by atoms with van der Waals surface area (Å²) in [5.41, 5.74) is 0. The maximum Gasteiger partial charge on any atom is 0.182 e. The Morgan fingerprint density at radius 3 is 1.80 bits per heavy atom. The topological polar surface area (TPSA) is 18.5 Å². The summed E-state index contributed by atoms with van der Waals surface area (Å²) in [6, 6.07) is 6.97. The minimum absolute atomic E-state index is 0.214. The molecule has 0 radical (unpaired) electrons. The van der Waals surface area contributed by atoms with Crippen LogP contribution in [0.1, 0.15) is 51.9 Å². The monoisotopic (exact) mass is 430 g/mol. The molecule has 0 saturated heterocycles. The molecule has 1 heterocycles. The first-order chi connectivity index (χ1) is 14.6. The van der Waals surface area contributed by atoms with Crippen molar-refractivity contribution >= 4 is 31.5 Å². The maximum absolute atomic E-state index is 15.2. The van der Waals surface area contributed by atoms with Crippen LogP contribution in [0.2, 0.25) is 0 Å². The number of hydrogen-bond donors (Lipinski definition) is 0. The normalized spacial score (nSPS) is 22.0. The molecule has 160 valence electrons. The Morgan fingerprint density at radius 1 is 0.767 bits per heavy atom. The van der Waals surface area contributed by atoms with E-state index in [1.165, 1.54) is 44.9 Å². The van der Waals surface area contributed by atoms with Crippen molar-refractivity contribution < 1.29 is 18.3 Å². The number of halogens is 2. The first-order valence-electron chi connectivity index (χ1n) is 11.2. The van der Waals surface area contributed by atoms with E-state index in [0.717, 1.165) is 33.9 Å². The van der Waals surface area contributed by atoms with Crippen LogP contribution in [0.4, 0.5) is 8.78 Å². The van der Waals surface area contributed by atoms with Gasteiger partial charge in [0.05, 0.1) is 22.6 Å². The zero-order chi connectivity index (χ0) is 20.7. The van der Waals surface area contributed by atoms with E-state index in [1.807, 2.05) is 19.1 Å². The number of rotatable bonds is 7. The van der Waals surface area contributed by atoms with Gasteiger partial charge in [-0.15, -0.1) is 11.3 Å². The van der Waals surface area contributed by atoms with Crippen molar-refractivity contribution in [3.05, 3.63) is 35.9 Å². The lowest BCUT2D eigenvalue weighted by Crippen LogP contribution is -2.20. The second kappa shape index (κ2) is 8.33. The van der Waals surface area contributed by atoms with Crippen LogP contribution in [0.15, 0.2) is 24.3 Å². The van der Waals surface area contributed by atoms with Crippen molar-refractivity contribution in [1.29, 1.82) is 0 Å². The third kappa shape index (κ3) is 3.89. The molecule has 2 aliphatic carbocycles. The minimum Gasteiger partial charge on any atom is -0.491 e. The van der Waals surface area contributed by atoms with Crippen molar-refractivity contribution in [3.8, 4) is 11.5 Å². The summed E-state index contributed by atoms with van der Waals surface area (Å²) in [5.74, 6) is 2.08. The summed E-state index contributed by atoms with van der Waals surface area (Å²) in [5, 5.41) is 1.44. The van der Waals surface area contributed by atoms with Gasteiger partial charge in [0.15, 0.2) is 23.1 Å². The summed E-state index contributed by atoms with van der Waals surface area (Å²) in [6.45, 7) is 2.77. The average molecular weight is 431 g/mol. The SMILES string of the molecule is CCOc1ccc2c(sc3c(F)c(OCC4CCC(CC5CC5)CC4)ccc32)c1F. The first-order valence-corrected chi connectivity index (χ1v) is 12.0. The zero-order valence-electron chi connectivity index (χ0n) is 17.4. The van der Waals surface area contributed by atoms with E-state index in [9.17, 15) is 4.39 Å². The number of benzene rings is 2. The van der Waals surface area contributed by atoms with E-state index in [1.54, 1.807) is 12.1 Å². The van der Waals surface area contributed by atoms with Crippen molar-refractivity contribution in [2.75, 3.05) is 13.2 Å². The summed E-state index contributed by atoms with van der Waals surface area (Å²) in [7, 11) is 0. The standard InChI is InChI=1S/C25H28F2O2S/c1-2-28-20-11-9-18-19-10-12-21(23(27)25(19)30-24(18)22(20)26)29-14-17-7-5-16(6-8-17)13-15-3-4-15/h9-12,15-17H,2-8,13-14H2,1H3. The fourth-order valence-corrected chi connectivity index (χ4v) is 6.01. The Labute approximate surface area is 180 Å². The fourth-order valence-electron chi connectivity index (χ4n) is 4.85. The van der Waals surface area contributed by atoms with E-state index in [-0.39, 0.29) is 17.3 Å². The van der Waals surface area contributed by atoms with Gasteiger partial charge in [0.2, 0.25) is 0 Å². The van der Waals surface area contributed by atoms with Crippen molar-refractivity contribution in [3.63, 3.8) is 0 Å². The lowest BCUT2D eigenvalue weighted by atomic mass is 9.80. The van der Waals surface area contributed by atoms with Crippen molar-refractivity contribution in [2.45, 2.75) is 51.9 Å². The molecule has 2 aromatic carbocycles. The quantitative estimate of drug-likeness (QED) is 0.382. The van der Waals surface area contributed by atoms with Crippen LogP contribution in [0.3, 0.4) is 0 Å². The lowest BCUT2D eigenvalue weighted by Gasteiger charge is -2.28. The third-order valence-electron chi connectivity index (χ3n) is 6.72. The van der Waals surface area contributed by atoms with Crippen molar-refractivity contribution in [2.24, 2.45) is 17.8 Å². The summed E-state index contributed by atoms with van der Waals surface area (Å²) < 4.78 is 42.1. The predicted octanol–water partition coefficient (Wildman–Crippen LogP) is 7.72. The molecule has 0 unspecified atom stereocenters. The van der Waals surface area contributed by atoms with E-state index in [0.29, 0.717) is 28.5 Å². The van der Waals surface area contributed by atoms with E-state index in [2.05, 4.69) is 0 Å². The van der Waals surface area contributed by atoms with Gasteiger partial charge in [0.25, 0.3) is 0 Å². The molecule has 5 heteroatoms. The second-order valence-electron chi connectivity index (χ2n) is 8.92. The smallest absolute Gasteiger partial charge is 0.182 e. The van der Waals surface area contributed by atoms with Crippen LogP contribution >= 0.6 is 11.3 Å². The Hall–Kier alpha value is -1.88. The first kappa shape index (κ1) is 20.0. The predicted molar refractivity (Wildman–Crippen MR) is 119 cm³/mol. The molecule has 0 spiro atoms. The van der Waals surface area contributed by atoms with Gasteiger partial charge < -0.3 is 9.47 Å².